The van der Waals surface area contributed by atoms with Crippen LogP contribution >= 0.6 is 11.8 Å². The number of rotatable bonds is 8. The average Bonchev–Trinajstić information content (AvgIpc) is 3.09. The molecule has 9 heteroatoms. The topological polar surface area (TPSA) is 88.9 Å². The van der Waals surface area contributed by atoms with Gasteiger partial charge in [0.05, 0.1) is 11.3 Å². The number of carbonyl (C=O) groups excluding carboxylic acids is 2. The first-order chi connectivity index (χ1) is 14.8. The minimum atomic E-state index is -0.559. The van der Waals surface area contributed by atoms with E-state index in [9.17, 15) is 14.0 Å². The molecule has 2 aromatic carbocycles. The number of thioether (sulfide) groups is 1. The first-order valence-corrected chi connectivity index (χ1v) is 10.7. The summed E-state index contributed by atoms with van der Waals surface area (Å²) in [5.74, 6) is -0.307. The van der Waals surface area contributed by atoms with E-state index in [0.717, 1.165) is 11.3 Å². The fourth-order valence-electron chi connectivity index (χ4n) is 2.86. The van der Waals surface area contributed by atoms with E-state index in [1.807, 2.05) is 32.0 Å². The summed E-state index contributed by atoms with van der Waals surface area (Å²) in [6, 6.07) is 11.6. The molecule has 7 nitrogen and oxygen atoms in total. The molecule has 3 rings (SSSR count). The highest BCUT2D eigenvalue weighted by molar-refractivity contribution is 7.99. The molecule has 0 bridgehead atoms. The summed E-state index contributed by atoms with van der Waals surface area (Å²) < 4.78 is 15.4. The van der Waals surface area contributed by atoms with Crippen molar-refractivity contribution >= 4 is 29.3 Å². The van der Waals surface area contributed by atoms with Crippen LogP contribution < -0.4 is 10.6 Å². The zero-order chi connectivity index (χ0) is 22.4. The number of benzene rings is 2. The van der Waals surface area contributed by atoms with E-state index in [0.29, 0.717) is 17.4 Å². The summed E-state index contributed by atoms with van der Waals surface area (Å²) in [5, 5.41) is 14.4. The van der Waals surface area contributed by atoms with Crippen LogP contribution in [0.1, 0.15) is 27.3 Å². The second kappa shape index (κ2) is 10.2. The van der Waals surface area contributed by atoms with Crippen LogP contribution in [0.4, 0.5) is 10.1 Å². The lowest BCUT2D eigenvalue weighted by atomic mass is 10.1. The highest BCUT2D eigenvalue weighted by Gasteiger charge is 2.14. The van der Waals surface area contributed by atoms with E-state index >= 15 is 0 Å². The van der Waals surface area contributed by atoms with Gasteiger partial charge in [0.2, 0.25) is 5.91 Å². The summed E-state index contributed by atoms with van der Waals surface area (Å²) in [6.45, 7) is 4.31. The van der Waals surface area contributed by atoms with Crippen molar-refractivity contribution in [1.29, 1.82) is 0 Å². The number of nitrogens with zero attached hydrogens (tertiary/aromatic N) is 3. The van der Waals surface area contributed by atoms with Gasteiger partial charge in [0.15, 0.2) is 5.16 Å². The smallest absolute Gasteiger partial charge is 0.254 e. The molecule has 0 radical (unpaired) electrons. The maximum Gasteiger partial charge on any atom is 0.254 e. The van der Waals surface area contributed by atoms with Gasteiger partial charge in [-0.15, -0.1) is 10.2 Å². The van der Waals surface area contributed by atoms with Crippen molar-refractivity contribution in [1.82, 2.24) is 20.1 Å². The number of hydrogen-bond acceptors (Lipinski definition) is 5. The SMILES string of the molecule is Cc1ccc(NC(=O)CSc2nnc(CCNC(=O)c3ccccc3F)n2C)cc1C. The minimum absolute atomic E-state index is 0.00601. The van der Waals surface area contributed by atoms with Gasteiger partial charge in [-0.05, 0) is 49.2 Å². The van der Waals surface area contributed by atoms with E-state index in [1.165, 1.54) is 35.5 Å². The Labute approximate surface area is 184 Å². The molecule has 1 heterocycles. The van der Waals surface area contributed by atoms with Gasteiger partial charge in [-0.25, -0.2) is 4.39 Å². The molecule has 0 aliphatic heterocycles. The zero-order valence-electron chi connectivity index (χ0n) is 17.6. The number of aryl methyl sites for hydroxylation is 2. The van der Waals surface area contributed by atoms with Crippen molar-refractivity contribution in [2.75, 3.05) is 17.6 Å². The van der Waals surface area contributed by atoms with Gasteiger partial charge in [-0.1, -0.05) is 30.0 Å². The Morgan fingerprint density at radius 3 is 2.61 bits per heavy atom. The Morgan fingerprint density at radius 1 is 1.10 bits per heavy atom. The normalized spacial score (nSPS) is 10.7. The molecule has 0 saturated heterocycles. The number of anilines is 1. The molecule has 0 fully saturated rings. The fourth-order valence-corrected chi connectivity index (χ4v) is 3.59. The molecule has 31 heavy (non-hydrogen) atoms. The standard InChI is InChI=1S/C22H24FN5O2S/c1-14-8-9-16(12-15(14)2)25-20(29)13-31-22-27-26-19(28(22)3)10-11-24-21(30)17-6-4-5-7-18(17)23/h4-9,12H,10-11,13H2,1-3H3,(H,24,30)(H,25,29). The maximum absolute atomic E-state index is 13.7. The summed E-state index contributed by atoms with van der Waals surface area (Å²) in [4.78, 5) is 24.3. The highest BCUT2D eigenvalue weighted by Crippen LogP contribution is 2.18. The molecule has 0 atom stereocenters. The van der Waals surface area contributed by atoms with Crippen LogP contribution in [0.15, 0.2) is 47.6 Å². The summed E-state index contributed by atoms with van der Waals surface area (Å²) in [7, 11) is 1.80. The third-order valence-electron chi connectivity index (χ3n) is 4.80. The van der Waals surface area contributed by atoms with Gasteiger partial charge in [-0.2, -0.15) is 0 Å². The molecule has 162 valence electrons. The van der Waals surface area contributed by atoms with Crippen LogP contribution in [0.3, 0.4) is 0 Å². The molecular formula is C22H24FN5O2S. The van der Waals surface area contributed by atoms with Crippen LogP contribution in [0.5, 0.6) is 0 Å². The van der Waals surface area contributed by atoms with Gasteiger partial charge < -0.3 is 15.2 Å². The molecule has 2 amide bonds. The second-order valence-corrected chi connectivity index (χ2v) is 8.02. The van der Waals surface area contributed by atoms with Crippen LogP contribution in [0.25, 0.3) is 0 Å². The molecule has 0 unspecified atom stereocenters. The van der Waals surface area contributed by atoms with Gasteiger partial charge in [0.25, 0.3) is 5.91 Å². The third-order valence-corrected chi connectivity index (χ3v) is 5.82. The van der Waals surface area contributed by atoms with Crippen LogP contribution in [0, 0.1) is 19.7 Å². The van der Waals surface area contributed by atoms with Crippen molar-refractivity contribution in [3.8, 4) is 0 Å². The number of carbonyl (C=O) groups is 2. The van der Waals surface area contributed by atoms with E-state index in [1.54, 1.807) is 17.7 Å². The van der Waals surface area contributed by atoms with Gasteiger partial charge >= 0.3 is 0 Å². The molecule has 0 spiro atoms. The Bertz CT molecular complexity index is 1100. The number of hydrogen-bond donors (Lipinski definition) is 2. The first kappa shape index (κ1) is 22.5. The Kier molecular flexibility index (Phi) is 7.41. The van der Waals surface area contributed by atoms with Crippen LogP contribution in [-0.2, 0) is 18.3 Å². The Hall–Kier alpha value is -3.20. The van der Waals surface area contributed by atoms with Gasteiger partial charge in [0.1, 0.15) is 11.6 Å². The molecule has 0 saturated carbocycles. The van der Waals surface area contributed by atoms with E-state index < -0.39 is 11.7 Å². The van der Waals surface area contributed by atoms with E-state index in [-0.39, 0.29) is 23.8 Å². The second-order valence-electron chi connectivity index (χ2n) is 7.08. The lowest BCUT2D eigenvalue weighted by molar-refractivity contribution is -0.113. The largest absolute Gasteiger partial charge is 0.351 e. The van der Waals surface area contributed by atoms with Crippen LogP contribution in [0.2, 0.25) is 0 Å². The number of amides is 2. The monoisotopic (exact) mass is 441 g/mol. The molecule has 0 aliphatic carbocycles. The molecular weight excluding hydrogens is 417 g/mol. The van der Waals surface area contributed by atoms with Crippen molar-refractivity contribution in [3.05, 3.63) is 70.8 Å². The molecule has 0 aliphatic rings. The first-order valence-electron chi connectivity index (χ1n) is 9.76. The molecule has 2 N–H and O–H groups in total. The van der Waals surface area contributed by atoms with Gasteiger partial charge in [0, 0.05) is 25.7 Å². The number of aromatic nitrogens is 3. The van der Waals surface area contributed by atoms with E-state index in [4.69, 9.17) is 0 Å². The quantitative estimate of drug-likeness (QED) is 0.524. The molecule has 3 aromatic rings. The van der Waals surface area contributed by atoms with Crippen molar-refractivity contribution < 1.29 is 14.0 Å². The maximum atomic E-state index is 13.7. The van der Waals surface area contributed by atoms with Crippen molar-refractivity contribution in [2.45, 2.75) is 25.4 Å². The van der Waals surface area contributed by atoms with E-state index in [2.05, 4.69) is 20.8 Å². The predicted octanol–water partition coefficient (Wildman–Crippen LogP) is 3.27. The predicted molar refractivity (Wildman–Crippen MR) is 119 cm³/mol. The number of halogens is 1. The van der Waals surface area contributed by atoms with Crippen molar-refractivity contribution in [2.24, 2.45) is 7.05 Å². The average molecular weight is 442 g/mol. The zero-order valence-corrected chi connectivity index (χ0v) is 18.4. The summed E-state index contributed by atoms with van der Waals surface area (Å²) in [5.41, 5.74) is 3.05. The lowest BCUT2D eigenvalue weighted by Crippen LogP contribution is -2.27. The van der Waals surface area contributed by atoms with Crippen LogP contribution in [-0.4, -0.2) is 38.9 Å². The minimum Gasteiger partial charge on any atom is -0.351 e. The third kappa shape index (κ3) is 5.91. The Morgan fingerprint density at radius 2 is 1.87 bits per heavy atom. The lowest BCUT2D eigenvalue weighted by Gasteiger charge is -2.08. The highest BCUT2D eigenvalue weighted by atomic mass is 32.2. The van der Waals surface area contributed by atoms with Crippen molar-refractivity contribution in [3.63, 3.8) is 0 Å². The summed E-state index contributed by atoms with van der Waals surface area (Å²) in [6.07, 6.45) is 0.430. The number of nitrogens with one attached hydrogen (secondary N) is 2. The van der Waals surface area contributed by atoms with Gasteiger partial charge in [-0.3, -0.25) is 9.59 Å². The summed E-state index contributed by atoms with van der Waals surface area (Å²) >= 11 is 1.28. The Balaban J connectivity index is 1.48. The fraction of sp³-hybridized carbons (Fsp3) is 0.273. The molecule has 1 aromatic heterocycles.